The fourth-order valence-corrected chi connectivity index (χ4v) is 4.58. The summed E-state index contributed by atoms with van der Waals surface area (Å²) >= 11 is 6.97. The van der Waals surface area contributed by atoms with E-state index in [1.165, 1.54) is 10.4 Å². The van der Waals surface area contributed by atoms with Gasteiger partial charge in [0.15, 0.2) is 5.11 Å². The van der Waals surface area contributed by atoms with Gasteiger partial charge in [-0.3, -0.25) is 15.6 Å². The molecule has 1 amide bonds. The van der Waals surface area contributed by atoms with E-state index < -0.39 is 0 Å². The monoisotopic (exact) mass is 373 g/mol. The zero-order valence-electron chi connectivity index (χ0n) is 14.5. The van der Waals surface area contributed by atoms with Gasteiger partial charge < -0.3 is 5.32 Å². The molecule has 1 aliphatic carbocycles. The summed E-state index contributed by atoms with van der Waals surface area (Å²) in [5, 5.41) is 5.54. The fourth-order valence-electron chi connectivity index (χ4n) is 3.11. The predicted octanol–water partition coefficient (Wildman–Crippen LogP) is 3.74. The number of hydrogen-bond donors (Lipinski definition) is 3. The van der Waals surface area contributed by atoms with E-state index in [1.807, 2.05) is 42.6 Å². The third-order valence-corrected chi connectivity index (χ3v) is 5.85. The number of benzene rings is 1. The zero-order valence-corrected chi connectivity index (χ0v) is 16.1. The van der Waals surface area contributed by atoms with E-state index in [1.54, 1.807) is 11.3 Å². The van der Waals surface area contributed by atoms with Gasteiger partial charge in [0.25, 0.3) is 5.91 Å². The van der Waals surface area contributed by atoms with E-state index in [9.17, 15) is 4.79 Å². The van der Waals surface area contributed by atoms with Crippen LogP contribution in [0, 0.1) is 5.92 Å². The number of hydrazine groups is 1. The molecule has 1 aromatic carbocycles. The van der Waals surface area contributed by atoms with Crippen molar-refractivity contribution in [1.29, 1.82) is 0 Å². The summed E-state index contributed by atoms with van der Waals surface area (Å²) in [5.74, 6) is 0.583. The maximum Gasteiger partial charge on any atom is 0.270 e. The van der Waals surface area contributed by atoms with Crippen molar-refractivity contribution in [2.75, 3.05) is 0 Å². The molecule has 0 fully saturated rings. The third kappa shape index (κ3) is 4.38. The second kappa shape index (κ2) is 7.97. The van der Waals surface area contributed by atoms with Gasteiger partial charge in [0.2, 0.25) is 0 Å². The Kier molecular flexibility index (Phi) is 5.71. The second-order valence-corrected chi connectivity index (χ2v) is 7.96. The summed E-state index contributed by atoms with van der Waals surface area (Å²) in [7, 11) is 0. The average molecular weight is 374 g/mol. The Morgan fingerprint density at radius 1 is 1.28 bits per heavy atom. The average Bonchev–Trinajstić information content (AvgIpc) is 3.03. The summed E-state index contributed by atoms with van der Waals surface area (Å²) in [6.07, 6.45) is 3.21. The van der Waals surface area contributed by atoms with Gasteiger partial charge in [-0.1, -0.05) is 37.3 Å². The Labute approximate surface area is 158 Å². The fraction of sp³-hybridized carbons (Fsp3) is 0.368. The van der Waals surface area contributed by atoms with Gasteiger partial charge in [-0.15, -0.1) is 11.3 Å². The first-order chi connectivity index (χ1) is 12.0. The molecule has 0 saturated heterocycles. The summed E-state index contributed by atoms with van der Waals surface area (Å²) in [6.45, 7) is 4.30. The predicted molar refractivity (Wildman–Crippen MR) is 107 cm³/mol. The van der Waals surface area contributed by atoms with Crippen LogP contribution in [0.4, 0.5) is 0 Å². The Morgan fingerprint density at radius 3 is 2.80 bits per heavy atom. The summed E-state index contributed by atoms with van der Waals surface area (Å²) in [5.41, 5.74) is 8.65. The molecule has 132 valence electrons. The normalized spacial score (nSPS) is 17.3. The quantitative estimate of drug-likeness (QED) is 0.567. The van der Waals surface area contributed by atoms with Gasteiger partial charge in [-0.05, 0) is 55.4 Å². The first-order valence-electron chi connectivity index (χ1n) is 8.55. The lowest BCUT2D eigenvalue weighted by Crippen LogP contribution is -2.47. The molecule has 1 aromatic heterocycles. The van der Waals surface area contributed by atoms with Crippen molar-refractivity contribution in [1.82, 2.24) is 16.2 Å². The molecule has 1 heterocycles. The van der Waals surface area contributed by atoms with Gasteiger partial charge in [-0.25, -0.2) is 0 Å². The number of carbonyl (C=O) groups is 1. The van der Waals surface area contributed by atoms with Crippen LogP contribution in [0.3, 0.4) is 0 Å². The first-order valence-corrected chi connectivity index (χ1v) is 9.84. The highest BCUT2D eigenvalue weighted by atomic mass is 32.1. The molecule has 0 bridgehead atoms. The van der Waals surface area contributed by atoms with E-state index in [4.69, 9.17) is 12.2 Å². The minimum Gasteiger partial charge on any atom is -0.355 e. The first kappa shape index (κ1) is 17.9. The number of carbonyl (C=O) groups excluding carboxylic acids is 1. The minimum atomic E-state index is -0.122. The number of nitrogens with one attached hydrogen (secondary N) is 3. The lowest BCUT2D eigenvalue weighted by molar-refractivity contribution is 0.0942. The highest BCUT2D eigenvalue weighted by Gasteiger charge is 2.23. The van der Waals surface area contributed by atoms with Gasteiger partial charge in [0.05, 0.1) is 11.6 Å². The van der Waals surface area contributed by atoms with Crippen molar-refractivity contribution >= 4 is 34.6 Å². The molecule has 2 aromatic rings. The third-order valence-electron chi connectivity index (χ3n) is 4.58. The molecule has 3 rings (SSSR count). The zero-order chi connectivity index (χ0) is 17.8. The Hall–Kier alpha value is -1.92. The maximum atomic E-state index is 12.5. The van der Waals surface area contributed by atoms with Crippen molar-refractivity contribution in [2.45, 2.75) is 39.2 Å². The Morgan fingerprint density at radius 2 is 2.04 bits per heavy atom. The van der Waals surface area contributed by atoms with Crippen LogP contribution in [0.5, 0.6) is 0 Å². The molecule has 0 radical (unpaired) electrons. The summed E-state index contributed by atoms with van der Waals surface area (Å²) < 4.78 is 0. The molecular formula is C19H23N3OS2. The van der Waals surface area contributed by atoms with Crippen LogP contribution in [0.1, 0.15) is 52.7 Å². The molecule has 3 N–H and O–H groups in total. The molecule has 0 saturated carbocycles. The van der Waals surface area contributed by atoms with Crippen LogP contribution >= 0.6 is 23.6 Å². The highest BCUT2D eigenvalue weighted by molar-refractivity contribution is 7.80. The molecule has 0 aliphatic heterocycles. The van der Waals surface area contributed by atoms with Crippen LogP contribution in [0.2, 0.25) is 0 Å². The van der Waals surface area contributed by atoms with Crippen molar-refractivity contribution in [3.8, 4) is 0 Å². The Balaban J connectivity index is 1.53. The number of thiophene rings is 1. The molecule has 2 atom stereocenters. The lowest BCUT2D eigenvalue weighted by Gasteiger charge is -2.20. The molecule has 25 heavy (non-hydrogen) atoms. The largest absolute Gasteiger partial charge is 0.355 e. The van der Waals surface area contributed by atoms with Crippen LogP contribution in [-0.4, -0.2) is 11.0 Å². The van der Waals surface area contributed by atoms with Crippen LogP contribution in [0.15, 0.2) is 35.7 Å². The molecule has 0 spiro atoms. The molecule has 1 aliphatic rings. The van der Waals surface area contributed by atoms with Crippen molar-refractivity contribution in [3.05, 3.63) is 57.3 Å². The second-order valence-electron chi connectivity index (χ2n) is 6.58. The van der Waals surface area contributed by atoms with E-state index in [-0.39, 0.29) is 11.9 Å². The SMILES string of the molecule is C[C@@H]1CCc2c(C(=O)NNC(=S)N[C@@H](C)c3ccccc3)csc2C1. The van der Waals surface area contributed by atoms with Gasteiger partial charge in [-0.2, -0.15) is 0 Å². The van der Waals surface area contributed by atoms with Crippen molar-refractivity contribution in [2.24, 2.45) is 5.92 Å². The summed E-state index contributed by atoms with van der Waals surface area (Å²) in [6, 6.07) is 10.1. The van der Waals surface area contributed by atoms with Crippen LogP contribution in [0.25, 0.3) is 0 Å². The van der Waals surface area contributed by atoms with Crippen LogP contribution < -0.4 is 16.2 Å². The van der Waals surface area contributed by atoms with E-state index in [0.29, 0.717) is 11.0 Å². The van der Waals surface area contributed by atoms with Crippen LogP contribution in [-0.2, 0) is 12.8 Å². The van der Waals surface area contributed by atoms with E-state index in [0.717, 1.165) is 30.4 Å². The number of fused-ring (bicyclic) bond motifs is 1. The highest BCUT2D eigenvalue weighted by Crippen LogP contribution is 2.32. The van der Waals surface area contributed by atoms with Crippen molar-refractivity contribution in [3.63, 3.8) is 0 Å². The number of rotatable bonds is 3. The van der Waals surface area contributed by atoms with Gasteiger partial charge in [0.1, 0.15) is 0 Å². The van der Waals surface area contributed by atoms with Crippen molar-refractivity contribution < 1.29 is 4.79 Å². The van der Waals surface area contributed by atoms with E-state index in [2.05, 4.69) is 23.1 Å². The minimum absolute atomic E-state index is 0.0634. The molecule has 0 unspecified atom stereocenters. The molecule has 4 nitrogen and oxygen atoms in total. The molecule has 6 heteroatoms. The van der Waals surface area contributed by atoms with Gasteiger partial charge in [0, 0.05) is 10.3 Å². The number of hydrogen-bond acceptors (Lipinski definition) is 3. The summed E-state index contributed by atoms with van der Waals surface area (Å²) in [4.78, 5) is 13.8. The Bertz CT molecular complexity index is 757. The molecular weight excluding hydrogens is 350 g/mol. The number of amides is 1. The standard InChI is InChI=1S/C19H23N3OS2/c1-12-8-9-15-16(11-25-17(15)10-12)18(23)21-22-19(24)20-13(2)14-6-4-3-5-7-14/h3-7,11-13H,8-10H2,1-2H3,(H,21,23)(H2,20,22,24)/t12-,13+/m1/s1. The maximum absolute atomic E-state index is 12.5. The lowest BCUT2D eigenvalue weighted by atomic mass is 9.88. The van der Waals surface area contributed by atoms with Gasteiger partial charge >= 0.3 is 0 Å². The number of thiocarbonyl (C=S) groups is 1. The van der Waals surface area contributed by atoms with E-state index >= 15 is 0 Å². The smallest absolute Gasteiger partial charge is 0.270 e. The topological polar surface area (TPSA) is 53.2 Å².